The lowest BCUT2D eigenvalue weighted by Gasteiger charge is -2.36. The number of piperidine rings is 1. The first kappa shape index (κ1) is 19.4. The first-order valence-electron chi connectivity index (χ1n) is 8.65. The second kappa shape index (κ2) is 8.58. The van der Waals surface area contributed by atoms with Crippen LogP contribution < -0.4 is 11.1 Å². The number of nitrogens with zero attached hydrogens (tertiary/aromatic N) is 2. The van der Waals surface area contributed by atoms with Crippen molar-refractivity contribution in [3.63, 3.8) is 0 Å². The summed E-state index contributed by atoms with van der Waals surface area (Å²) in [5.41, 5.74) is 6.23. The van der Waals surface area contributed by atoms with E-state index in [-0.39, 0.29) is 17.6 Å². The van der Waals surface area contributed by atoms with Crippen molar-refractivity contribution in [1.29, 1.82) is 0 Å². The van der Waals surface area contributed by atoms with E-state index in [4.69, 9.17) is 5.73 Å². The molecule has 142 valence electrons. The van der Waals surface area contributed by atoms with Crippen LogP contribution in [0.4, 0.5) is 10.2 Å². The second-order valence-corrected chi connectivity index (χ2v) is 7.46. The Morgan fingerprint density at radius 1 is 1.26 bits per heavy atom. The number of anilines is 1. The zero-order valence-electron chi connectivity index (χ0n) is 14.6. The zero-order chi connectivity index (χ0) is 19.4. The molecule has 1 aromatic carbocycles. The zero-order valence-corrected chi connectivity index (χ0v) is 16.2. The third-order valence-corrected chi connectivity index (χ3v) is 5.09. The molecule has 2 unspecified atom stereocenters. The maximum Gasteiger partial charge on any atom is 0.239 e. The van der Waals surface area contributed by atoms with Crippen LogP contribution in [0.3, 0.4) is 0 Å². The average Bonchev–Trinajstić information content (AvgIpc) is 2.65. The normalized spacial score (nSPS) is 18.7. The fraction of sp³-hybridized carbons (Fsp3) is 0.316. The van der Waals surface area contributed by atoms with E-state index in [1.807, 2.05) is 4.90 Å². The number of rotatable bonds is 5. The first-order valence-corrected chi connectivity index (χ1v) is 9.44. The summed E-state index contributed by atoms with van der Waals surface area (Å²) in [6.07, 6.45) is 3.09. The van der Waals surface area contributed by atoms with Gasteiger partial charge in [-0.25, -0.2) is 9.37 Å². The Kier molecular flexibility index (Phi) is 6.18. The van der Waals surface area contributed by atoms with Crippen LogP contribution in [0.2, 0.25) is 0 Å². The molecule has 8 heteroatoms. The van der Waals surface area contributed by atoms with Crippen molar-refractivity contribution in [3.8, 4) is 0 Å². The summed E-state index contributed by atoms with van der Waals surface area (Å²) in [5.74, 6) is -0.842. The molecule has 6 nitrogen and oxygen atoms in total. The van der Waals surface area contributed by atoms with Gasteiger partial charge in [0, 0.05) is 17.2 Å². The van der Waals surface area contributed by atoms with Crippen LogP contribution in [-0.2, 0) is 9.59 Å². The number of amides is 2. The molecule has 0 aliphatic carbocycles. The van der Waals surface area contributed by atoms with E-state index in [0.717, 1.165) is 10.9 Å². The van der Waals surface area contributed by atoms with E-state index in [1.54, 1.807) is 30.5 Å². The highest BCUT2D eigenvalue weighted by molar-refractivity contribution is 9.10. The number of hydrogen-bond acceptors (Lipinski definition) is 4. The van der Waals surface area contributed by atoms with Crippen molar-refractivity contribution >= 4 is 33.6 Å². The molecule has 2 heterocycles. The number of nitrogens with one attached hydrogen (secondary N) is 1. The molecule has 0 bridgehead atoms. The number of benzene rings is 1. The third-order valence-electron chi connectivity index (χ3n) is 4.62. The molecular formula is C19H20BrFN4O2. The summed E-state index contributed by atoms with van der Waals surface area (Å²) >= 11 is 3.30. The molecule has 1 saturated heterocycles. The largest absolute Gasteiger partial charge is 0.368 e. The maximum atomic E-state index is 13.2. The van der Waals surface area contributed by atoms with Crippen molar-refractivity contribution in [1.82, 2.24) is 9.88 Å². The summed E-state index contributed by atoms with van der Waals surface area (Å²) in [6.45, 7) is 1.04. The molecule has 27 heavy (non-hydrogen) atoms. The monoisotopic (exact) mass is 434 g/mol. The molecule has 1 aromatic heterocycles. The number of likely N-dealkylation sites (tertiary alicyclic amines) is 1. The lowest BCUT2D eigenvalue weighted by molar-refractivity contribution is -0.127. The summed E-state index contributed by atoms with van der Waals surface area (Å²) in [4.78, 5) is 30.7. The predicted octanol–water partition coefficient (Wildman–Crippen LogP) is 2.86. The van der Waals surface area contributed by atoms with Gasteiger partial charge in [0.25, 0.3) is 0 Å². The highest BCUT2D eigenvalue weighted by Gasteiger charge is 2.33. The van der Waals surface area contributed by atoms with Crippen LogP contribution in [-0.4, -0.2) is 34.8 Å². The van der Waals surface area contributed by atoms with Crippen molar-refractivity contribution in [3.05, 3.63) is 58.4 Å². The number of aromatic nitrogens is 1. The van der Waals surface area contributed by atoms with Gasteiger partial charge in [0.1, 0.15) is 17.7 Å². The molecule has 1 fully saturated rings. The van der Waals surface area contributed by atoms with Crippen LogP contribution in [0, 0.1) is 11.7 Å². The van der Waals surface area contributed by atoms with Crippen LogP contribution >= 0.6 is 15.9 Å². The van der Waals surface area contributed by atoms with Gasteiger partial charge in [-0.05, 0) is 65.1 Å². The van der Waals surface area contributed by atoms with Crippen LogP contribution in [0.1, 0.15) is 24.4 Å². The maximum absolute atomic E-state index is 13.2. The SMILES string of the molecule is NC(=O)C(c1ccc(F)cc1)N1CCCC(C(=O)Nc2ccc(Br)cn2)C1. The van der Waals surface area contributed by atoms with E-state index in [0.29, 0.717) is 30.9 Å². The molecular weight excluding hydrogens is 415 g/mol. The Bertz CT molecular complexity index is 813. The molecule has 1 aliphatic rings. The quantitative estimate of drug-likeness (QED) is 0.756. The lowest BCUT2D eigenvalue weighted by Crippen LogP contribution is -2.46. The van der Waals surface area contributed by atoms with Gasteiger partial charge in [-0.1, -0.05) is 12.1 Å². The highest BCUT2D eigenvalue weighted by Crippen LogP contribution is 2.28. The summed E-state index contributed by atoms with van der Waals surface area (Å²) < 4.78 is 14.0. The Balaban J connectivity index is 1.71. The standard InChI is InChI=1S/C19H20BrFN4O2/c20-14-5-8-16(23-10-14)24-19(27)13-2-1-9-25(11-13)17(18(22)26)12-3-6-15(21)7-4-12/h3-8,10,13,17H,1-2,9,11H2,(H2,22,26)(H,23,24,27). The Morgan fingerprint density at radius 2 is 2.00 bits per heavy atom. The smallest absolute Gasteiger partial charge is 0.239 e. The van der Waals surface area contributed by atoms with Gasteiger partial charge >= 0.3 is 0 Å². The molecule has 0 spiro atoms. The summed E-state index contributed by atoms with van der Waals surface area (Å²) in [5, 5.41) is 2.81. The molecule has 3 rings (SSSR count). The summed E-state index contributed by atoms with van der Waals surface area (Å²) in [7, 11) is 0. The van der Waals surface area contributed by atoms with E-state index in [2.05, 4.69) is 26.2 Å². The molecule has 0 radical (unpaired) electrons. The minimum atomic E-state index is -0.688. The first-order chi connectivity index (χ1) is 12.9. The minimum absolute atomic E-state index is 0.142. The van der Waals surface area contributed by atoms with E-state index in [1.165, 1.54) is 12.1 Å². The molecule has 2 amide bonds. The van der Waals surface area contributed by atoms with Crippen molar-refractivity contribution in [2.24, 2.45) is 11.7 Å². The van der Waals surface area contributed by atoms with Gasteiger partial charge in [-0.3, -0.25) is 14.5 Å². The van der Waals surface area contributed by atoms with E-state index >= 15 is 0 Å². The van der Waals surface area contributed by atoms with E-state index < -0.39 is 11.9 Å². The molecule has 2 aromatic rings. The van der Waals surface area contributed by atoms with Gasteiger partial charge in [-0.15, -0.1) is 0 Å². The van der Waals surface area contributed by atoms with E-state index in [9.17, 15) is 14.0 Å². The Labute approximate surface area is 165 Å². The van der Waals surface area contributed by atoms with Gasteiger partial charge in [-0.2, -0.15) is 0 Å². The Morgan fingerprint density at radius 3 is 2.63 bits per heavy atom. The summed E-state index contributed by atoms with van der Waals surface area (Å²) in [6, 6.07) is 8.55. The van der Waals surface area contributed by atoms with Gasteiger partial charge in [0.15, 0.2) is 0 Å². The number of carbonyl (C=O) groups is 2. The molecule has 2 atom stereocenters. The van der Waals surface area contributed by atoms with Crippen molar-refractivity contribution < 1.29 is 14.0 Å². The lowest BCUT2D eigenvalue weighted by atomic mass is 9.93. The fourth-order valence-corrected chi connectivity index (χ4v) is 3.57. The topological polar surface area (TPSA) is 88.3 Å². The van der Waals surface area contributed by atoms with Crippen molar-refractivity contribution in [2.45, 2.75) is 18.9 Å². The van der Waals surface area contributed by atoms with Gasteiger partial charge in [0.05, 0.1) is 5.92 Å². The average molecular weight is 435 g/mol. The fourth-order valence-electron chi connectivity index (χ4n) is 3.33. The molecule has 3 N–H and O–H groups in total. The van der Waals surface area contributed by atoms with Crippen LogP contribution in [0.5, 0.6) is 0 Å². The molecule has 1 aliphatic heterocycles. The number of primary amides is 1. The predicted molar refractivity (Wildman–Crippen MR) is 103 cm³/mol. The number of halogens is 2. The number of nitrogens with two attached hydrogens (primary N) is 1. The van der Waals surface area contributed by atoms with Crippen LogP contribution in [0.25, 0.3) is 0 Å². The van der Waals surface area contributed by atoms with Crippen molar-refractivity contribution in [2.75, 3.05) is 18.4 Å². The third kappa shape index (κ3) is 4.90. The van der Waals surface area contributed by atoms with Crippen LogP contribution in [0.15, 0.2) is 47.1 Å². The van der Waals surface area contributed by atoms with Gasteiger partial charge in [0.2, 0.25) is 11.8 Å². The van der Waals surface area contributed by atoms with Gasteiger partial charge < -0.3 is 11.1 Å². The minimum Gasteiger partial charge on any atom is -0.368 e. The number of pyridine rings is 1. The molecule has 0 saturated carbocycles. The second-order valence-electron chi connectivity index (χ2n) is 6.54. The Hall–Kier alpha value is -2.32. The highest BCUT2D eigenvalue weighted by atomic mass is 79.9. The number of carbonyl (C=O) groups excluding carboxylic acids is 2. The number of hydrogen-bond donors (Lipinski definition) is 2.